The Hall–Kier alpha value is -3.81. The van der Waals surface area contributed by atoms with Crippen LogP contribution in [0.4, 0.5) is 0 Å². The van der Waals surface area contributed by atoms with Crippen molar-refractivity contribution in [2.45, 2.75) is 33.2 Å². The quantitative estimate of drug-likeness (QED) is 0.487. The van der Waals surface area contributed by atoms with Gasteiger partial charge in [-0.1, -0.05) is 55.5 Å². The van der Waals surface area contributed by atoms with Gasteiger partial charge in [-0.3, -0.25) is 4.68 Å². The predicted molar refractivity (Wildman–Crippen MR) is 112 cm³/mol. The molecule has 2 aromatic carbocycles. The number of aryl methyl sites for hydroxylation is 2. The molecule has 0 aliphatic carbocycles. The van der Waals surface area contributed by atoms with Crippen LogP contribution in [-0.4, -0.2) is 41.5 Å². The third-order valence-electron chi connectivity index (χ3n) is 5.05. The first-order valence-corrected chi connectivity index (χ1v) is 9.80. The molecule has 0 amide bonds. The van der Waals surface area contributed by atoms with Gasteiger partial charge in [-0.2, -0.15) is 5.10 Å². The second-order valence-electron chi connectivity index (χ2n) is 7.10. The lowest BCUT2D eigenvalue weighted by Gasteiger charge is -2.10. The van der Waals surface area contributed by atoms with Crippen LogP contribution in [0.5, 0.6) is 0 Å². The number of rotatable bonds is 7. The van der Waals surface area contributed by atoms with Crippen LogP contribution in [0.3, 0.4) is 0 Å². The van der Waals surface area contributed by atoms with Crippen molar-refractivity contribution in [3.05, 3.63) is 71.0 Å². The van der Waals surface area contributed by atoms with Crippen LogP contribution in [0.15, 0.2) is 48.5 Å². The topological polar surface area (TPSA) is 110 Å². The van der Waals surface area contributed by atoms with Crippen LogP contribution in [0.25, 0.3) is 22.5 Å². The average Bonchev–Trinajstić information content (AvgIpc) is 3.37. The van der Waals surface area contributed by atoms with Crippen LogP contribution in [0.1, 0.15) is 40.7 Å². The highest BCUT2D eigenvalue weighted by molar-refractivity contribution is 5.90. The molecule has 0 fully saturated rings. The molecule has 152 valence electrons. The van der Waals surface area contributed by atoms with E-state index in [-0.39, 0.29) is 0 Å². The van der Waals surface area contributed by atoms with Crippen molar-refractivity contribution in [3.63, 3.8) is 0 Å². The number of carbonyl (C=O) groups is 1. The number of benzene rings is 2. The Morgan fingerprint density at radius 3 is 2.47 bits per heavy atom. The van der Waals surface area contributed by atoms with E-state index in [1.54, 1.807) is 6.92 Å². The van der Waals surface area contributed by atoms with Gasteiger partial charge in [0.05, 0.1) is 11.4 Å². The first kappa shape index (κ1) is 19.5. The van der Waals surface area contributed by atoms with Gasteiger partial charge in [0.2, 0.25) is 0 Å². The molecule has 30 heavy (non-hydrogen) atoms. The molecule has 0 radical (unpaired) electrons. The number of hydrogen-bond donors (Lipinski definition) is 2. The van der Waals surface area contributed by atoms with Crippen LogP contribution < -0.4 is 0 Å². The van der Waals surface area contributed by atoms with Crippen molar-refractivity contribution in [1.82, 2.24) is 30.4 Å². The molecule has 0 atom stereocenters. The summed E-state index contributed by atoms with van der Waals surface area (Å²) in [5.41, 5.74) is 5.58. The van der Waals surface area contributed by atoms with Crippen LogP contribution >= 0.6 is 0 Å². The Balaban J connectivity index is 1.66. The van der Waals surface area contributed by atoms with Crippen molar-refractivity contribution in [2.75, 3.05) is 0 Å². The molecule has 0 aliphatic rings. The minimum Gasteiger partial charge on any atom is -0.478 e. The minimum absolute atomic E-state index is 0.302. The molecule has 0 saturated carbocycles. The zero-order valence-electron chi connectivity index (χ0n) is 16.8. The Kier molecular flexibility index (Phi) is 5.38. The van der Waals surface area contributed by atoms with Gasteiger partial charge in [0.15, 0.2) is 5.82 Å². The molecule has 2 aromatic heterocycles. The third-order valence-corrected chi connectivity index (χ3v) is 5.05. The fourth-order valence-electron chi connectivity index (χ4n) is 3.69. The number of carboxylic acids is 1. The molecule has 0 spiro atoms. The number of hydrogen-bond acceptors (Lipinski definition) is 5. The van der Waals surface area contributed by atoms with Gasteiger partial charge >= 0.3 is 5.97 Å². The summed E-state index contributed by atoms with van der Waals surface area (Å²) < 4.78 is 1.82. The van der Waals surface area contributed by atoms with E-state index in [4.69, 9.17) is 0 Å². The Bertz CT molecular complexity index is 1160. The van der Waals surface area contributed by atoms with Gasteiger partial charge in [0, 0.05) is 18.5 Å². The van der Waals surface area contributed by atoms with Crippen molar-refractivity contribution in [1.29, 1.82) is 0 Å². The summed E-state index contributed by atoms with van der Waals surface area (Å²) in [5.74, 6) is -0.323. The van der Waals surface area contributed by atoms with Crippen molar-refractivity contribution in [3.8, 4) is 22.5 Å². The van der Waals surface area contributed by atoms with Gasteiger partial charge < -0.3 is 5.11 Å². The van der Waals surface area contributed by atoms with Crippen LogP contribution in [-0.2, 0) is 13.0 Å². The summed E-state index contributed by atoms with van der Waals surface area (Å²) in [6.45, 7) is 4.50. The highest BCUT2D eigenvalue weighted by atomic mass is 16.4. The second-order valence-corrected chi connectivity index (χ2v) is 7.10. The number of aromatic nitrogens is 6. The lowest BCUT2D eigenvalue weighted by Crippen LogP contribution is -2.09. The predicted octanol–water partition coefficient (Wildman–Crippen LogP) is 3.74. The Morgan fingerprint density at radius 2 is 1.83 bits per heavy atom. The highest BCUT2D eigenvalue weighted by Crippen LogP contribution is 2.30. The number of nitrogens with one attached hydrogen (secondary N) is 1. The molecule has 0 bridgehead atoms. The monoisotopic (exact) mass is 402 g/mol. The van der Waals surface area contributed by atoms with E-state index in [9.17, 15) is 9.90 Å². The number of nitrogens with zero attached hydrogens (tertiary/aromatic N) is 5. The van der Waals surface area contributed by atoms with E-state index in [2.05, 4.69) is 32.6 Å². The first-order valence-electron chi connectivity index (χ1n) is 9.80. The normalized spacial score (nSPS) is 11.0. The Morgan fingerprint density at radius 1 is 1.10 bits per heavy atom. The maximum absolute atomic E-state index is 11.8. The van der Waals surface area contributed by atoms with E-state index < -0.39 is 5.97 Å². The number of aromatic amines is 1. The molecule has 4 rings (SSSR count). The largest absolute Gasteiger partial charge is 0.478 e. The van der Waals surface area contributed by atoms with E-state index in [1.807, 2.05) is 53.2 Å². The van der Waals surface area contributed by atoms with Crippen LogP contribution in [0.2, 0.25) is 0 Å². The van der Waals surface area contributed by atoms with Gasteiger partial charge in [0.1, 0.15) is 5.56 Å². The summed E-state index contributed by atoms with van der Waals surface area (Å²) in [5, 5.41) is 28.2. The molecule has 8 nitrogen and oxygen atoms in total. The molecule has 0 unspecified atom stereocenters. The Labute approximate surface area is 173 Å². The minimum atomic E-state index is -0.934. The third kappa shape index (κ3) is 3.71. The SMILES string of the molecule is CCCn1nc(C)c(C(=O)O)c1Cc1ccc(-c2ccccc2-c2nnn[nH]2)cc1. The van der Waals surface area contributed by atoms with Crippen molar-refractivity contribution >= 4 is 5.97 Å². The lowest BCUT2D eigenvalue weighted by atomic mass is 9.97. The average molecular weight is 402 g/mol. The molecule has 2 N–H and O–H groups in total. The van der Waals surface area contributed by atoms with Gasteiger partial charge in [-0.15, -0.1) is 5.10 Å². The molecule has 8 heteroatoms. The molecule has 4 aromatic rings. The highest BCUT2D eigenvalue weighted by Gasteiger charge is 2.21. The maximum atomic E-state index is 11.8. The van der Waals surface area contributed by atoms with E-state index in [0.29, 0.717) is 30.0 Å². The van der Waals surface area contributed by atoms with Crippen molar-refractivity contribution in [2.24, 2.45) is 0 Å². The van der Waals surface area contributed by atoms with Crippen molar-refractivity contribution < 1.29 is 9.90 Å². The smallest absolute Gasteiger partial charge is 0.339 e. The van der Waals surface area contributed by atoms with Gasteiger partial charge in [-0.05, 0) is 40.5 Å². The first-order chi connectivity index (χ1) is 14.6. The summed E-state index contributed by atoms with van der Waals surface area (Å²) in [6.07, 6.45) is 1.40. The molecule has 2 heterocycles. The molecule has 0 saturated heterocycles. The fourth-order valence-corrected chi connectivity index (χ4v) is 3.69. The fraction of sp³-hybridized carbons (Fsp3) is 0.227. The standard InChI is InChI=1S/C22H22N6O2/c1-3-12-28-19(20(22(29)30)14(2)25-28)13-15-8-10-16(11-9-15)17-6-4-5-7-18(17)21-23-26-27-24-21/h4-11H,3,12-13H2,1-2H3,(H,29,30)(H,23,24,26,27). The molecular weight excluding hydrogens is 380 g/mol. The zero-order valence-corrected chi connectivity index (χ0v) is 16.8. The summed E-state index contributed by atoms with van der Waals surface area (Å²) >= 11 is 0. The maximum Gasteiger partial charge on any atom is 0.339 e. The molecule has 0 aliphatic heterocycles. The van der Waals surface area contributed by atoms with E-state index in [1.165, 1.54) is 0 Å². The van der Waals surface area contributed by atoms with E-state index >= 15 is 0 Å². The number of aromatic carboxylic acids is 1. The summed E-state index contributed by atoms with van der Waals surface area (Å²) in [7, 11) is 0. The molecular formula is C22H22N6O2. The second kappa shape index (κ2) is 8.28. The van der Waals surface area contributed by atoms with Gasteiger partial charge in [-0.25, -0.2) is 9.89 Å². The lowest BCUT2D eigenvalue weighted by molar-refractivity contribution is 0.0695. The number of H-pyrrole nitrogens is 1. The number of tetrazole rings is 1. The number of carboxylic acid groups (broad SMARTS) is 1. The zero-order chi connectivity index (χ0) is 21.1. The summed E-state index contributed by atoms with van der Waals surface area (Å²) in [4.78, 5) is 11.8. The summed E-state index contributed by atoms with van der Waals surface area (Å²) in [6, 6.07) is 16.0. The van der Waals surface area contributed by atoms with Gasteiger partial charge in [0.25, 0.3) is 0 Å². The van der Waals surface area contributed by atoms with Crippen LogP contribution in [0, 0.1) is 6.92 Å². The van der Waals surface area contributed by atoms with E-state index in [0.717, 1.165) is 34.4 Å².